The molecule has 0 amide bonds. The van der Waals surface area contributed by atoms with Gasteiger partial charge >= 0.3 is 0 Å². The number of ether oxygens (including phenoxy) is 1. The maximum Gasteiger partial charge on any atom is 0.230 e. The SMILES string of the molecule is CC(C#N)S(=O)(=O)N1CCOC[C@@H]1C. The lowest BCUT2D eigenvalue weighted by molar-refractivity contribution is 0.0391. The normalized spacial score (nSPS) is 26.8. The number of rotatable bonds is 2. The third-order valence-corrected chi connectivity index (χ3v) is 4.46. The number of nitrogens with zero attached hydrogens (tertiary/aromatic N) is 2. The zero-order valence-corrected chi connectivity index (χ0v) is 9.12. The van der Waals surface area contributed by atoms with Crippen LogP contribution in [0, 0.1) is 11.3 Å². The van der Waals surface area contributed by atoms with Gasteiger partial charge < -0.3 is 4.74 Å². The standard InChI is InChI=1S/C8H14N2O3S/c1-7-6-13-4-3-10(7)14(11,12)8(2)5-9/h7-8H,3-4,6H2,1-2H3/t7-,8?/m0/s1. The van der Waals surface area contributed by atoms with Crippen LogP contribution in [-0.4, -0.2) is 43.8 Å². The summed E-state index contributed by atoms with van der Waals surface area (Å²) in [7, 11) is -3.47. The van der Waals surface area contributed by atoms with Crippen molar-refractivity contribution < 1.29 is 13.2 Å². The summed E-state index contributed by atoms with van der Waals surface area (Å²) in [5.41, 5.74) is 0. The zero-order chi connectivity index (χ0) is 10.8. The van der Waals surface area contributed by atoms with Gasteiger partial charge in [-0.1, -0.05) is 0 Å². The van der Waals surface area contributed by atoms with E-state index in [1.54, 1.807) is 13.0 Å². The lowest BCUT2D eigenvalue weighted by atomic mass is 10.3. The molecule has 6 heteroatoms. The molecule has 80 valence electrons. The molecule has 5 nitrogen and oxygen atoms in total. The molecule has 0 aliphatic carbocycles. The fourth-order valence-electron chi connectivity index (χ4n) is 1.36. The first-order chi connectivity index (χ1) is 6.50. The second-order valence-electron chi connectivity index (χ2n) is 3.35. The predicted octanol–water partition coefficient (Wildman–Crippen LogP) is -0.0510. The van der Waals surface area contributed by atoms with Crippen molar-refractivity contribution in [3.05, 3.63) is 0 Å². The molecule has 0 N–H and O–H groups in total. The second-order valence-corrected chi connectivity index (χ2v) is 5.56. The van der Waals surface area contributed by atoms with Gasteiger partial charge in [0, 0.05) is 12.6 Å². The van der Waals surface area contributed by atoms with Gasteiger partial charge in [-0.15, -0.1) is 0 Å². The molecule has 0 aromatic rings. The van der Waals surface area contributed by atoms with Crippen molar-refractivity contribution in [1.29, 1.82) is 5.26 Å². The molecule has 1 aliphatic rings. The first-order valence-corrected chi connectivity index (χ1v) is 5.98. The molecule has 14 heavy (non-hydrogen) atoms. The van der Waals surface area contributed by atoms with Gasteiger partial charge in [-0.2, -0.15) is 9.57 Å². The molecule has 1 fully saturated rings. The van der Waals surface area contributed by atoms with Crippen molar-refractivity contribution in [2.75, 3.05) is 19.8 Å². The van der Waals surface area contributed by atoms with Crippen molar-refractivity contribution in [2.24, 2.45) is 0 Å². The van der Waals surface area contributed by atoms with E-state index in [9.17, 15) is 8.42 Å². The van der Waals surface area contributed by atoms with Gasteiger partial charge in [0.25, 0.3) is 0 Å². The molecule has 0 radical (unpaired) electrons. The lowest BCUT2D eigenvalue weighted by Crippen LogP contribution is -2.49. The average molecular weight is 218 g/mol. The van der Waals surface area contributed by atoms with Crippen molar-refractivity contribution in [2.45, 2.75) is 25.1 Å². The first kappa shape index (κ1) is 11.4. The Hall–Kier alpha value is -0.640. The van der Waals surface area contributed by atoms with E-state index >= 15 is 0 Å². The summed E-state index contributed by atoms with van der Waals surface area (Å²) in [6.45, 7) is 4.33. The van der Waals surface area contributed by atoms with E-state index in [1.165, 1.54) is 11.2 Å². The highest BCUT2D eigenvalue weighted by atomic mass is 32.2. The Kier molecular flexibility index (Phi) is 3.48. The maximum atomic E-state index is 11.8. The van der Waals surface area contributed by atoms with Gasteiger partial charge in [0.2, 0.25) is 10.0 Å². The van der Waals surface area contributed by atoms with E-state index in [2.05, 4.69) is 0 Å². The molecule has 0 spiro atoms. The Labute approximate surface area is 84.3 Å². The molecule has 1 unspecified atom stereocenters. The summed E-state index contributed by atoms with van der Waals surface area (Å²) in [4.78, 5) is 0. The number of hydrogen-bond acceptors (Lipinski definition) is 4. The van der Waals surface area contributed by atoms with Crippen LogP contribution in [-0.2, 0) is 14.8 Å². The van der Waals surface area contributed by atoms with Gasteiger partial charge in [0.1, 0.15) is 0 Å². The number of nitriles is 1. The first-order valence-electron chi connectivity index (χ1n) is 4.48. The highest BCUT2D eigenvalue weighted by Gasteiger charge is 2.34. The van der Waals surface area contributed by atoms with Crippen LogP contribution in [0.2, 0.25) is 0 Å². The highest BCUT2D eigenvalue weighted by Crippen LogP contribution is 2.15. The van der Waals surface area contributed by atoms with Crippen LogP contribution in [0.3, 0.4) is 0 Å². The Morgan fingerprint density at radius 2 is 2.29 bits per heavy atom. The minimum absolute atomic E-state index is 0.176. The van der Waals surface area contributed by atoms with Crippen LogP contribution in [0.4, 0.5) is 0 Å². The van der Waals surface area contributed by atoms with Crippen LogP contribution < -0.4 is 0 Å². The maximum absolute atomic E-state index is 11.8. The predicted molar refractivity (Wildman–Crippen MR) is 51.0 cm³/mol. The molecule has 1 saturated heterocycles. The summed E-state index contributed by atoms with van der Waals surface area (Å²) in [6.07, 6.45) is 0. The van der Waals surface area contributed by atoms with E-state index < -0.39 is 15.3 Å². The third kappa shape index (κ3) is 2.05. The molecule has 0 aromatic heterocycles. The largest absolute Gasteiger partial charge is 0.378 e. The van der Waals surface area contributed by atoms with Gasteiger partial charge in [-0.25, -0.2) is 8.42 Å². The molecular weight excluding hydrogens is 204 g/mol. The smallest absolute Gasteiger partial charge is 0.230 e. The van der Waals surface area contributed by atoms with Crippen LogP contribution in [0.1, 0.15) is 13.8 Å². The minimum Gasteiger partial charge on any atom is -0.378 e. The zero-order valence-electron chi connectivity index (χ0n) is 8.30. The van der Waals surface area contributed by atoms with E-state index in [0.29, 0.717) is 19.8 Å². The molecular formula is C8H14N2O3S. The lowest BCUT2D eigenvalue weighted by Gasteiger charge is -2.32. The monoisotopic (exact) mass is 218 g/mol. The Morgan fingerprint density at radius 3 is 2.79 bits per heavy atom. The fourth-order valence-corrected chi connectivity index (χ4v) is 2.79. The Balaban J connectivity index is 2.87. The molecule has 1 aliphatic heterocycles. The number of sulfonamides is 1. The molecule has 0 bridgehead atoms. The summed E-state index contributed by atoms with van der Waals surface area (Å²) < 4.78 is 30.0. The Morgan fingerprint density at radius 1 is 1.64 bits per heavy atom. The molecule has 1 rings (SSSR count). The fraction of sp³-hybridized carbons (Fsp3) is 0.875. The van der Waals surface area contributed by atoms with Gasteiger partial charge in [-0.3, -0.25) is 0 Å². The van der Waals surface area contributed by atoms with Crippen LogP contribution in [0.15, 0.2) is 0 Å². The van der Waals surface area contributed by atoms with Gasteiger partial charge in [0.05, 0.1) is 19.3 Å². The van der Waals surface area contributed by atoms with Crippen molar-refractivity contribution in [3.8, 4) is 6.07 Å². The van der Waals surface area contributed by atoms with Crippen molar-refractivity contribution in [3.63, 3.8) is 0 Å². The summed E-state index contributed by atoms with van der Waals surface area (Å²) in [5.74, 6) is 0. The van der Waals surface area contributed by atoms with Crippen LogP contribution in [0.5, 0.6) is 0 Å². The topological polar surface area (TPSA) is 70.4 Å². The average Bonchev–Trinajstić information content (AvgIpc) is 2.17. The van der Waals surface area contributed by atoms with E-state index in [0.717, 1.165) is 0 Å². The molecule has 0 saturated carbocycles. The number of hydrogen-bond donors (Lipinski definition) is 0. The van der Waals surface area contributed by atoms with E-state index in [4.69, 9.17) is 10.00 Å². The van der Waals surface area contributed by atoms with E-state index in [-0.39, 0.29) is 6.04 Å². The van der Waals surface area contributed by atoms with Crippen LogP contribution >= 0.6 is 0 Å². The molecule has 0 aromatic carbocycles. The second kappa shape index (κ2) is 4.26. The van der Waals surface area contributed by atoms with Crippen molar-refractivity contribution in [1.82, 2.24) is 4.31 Å². The summed E-state index contributed by atoms with van der Waals surface area (Å²) in [6, 6.07) is 1.58. The summed E-state index contributed by atoms with van der Waals surface area (Å²) in [5, 5.41) is 7.62. The summed E-state index contributed by atoms with van der Waals surface area (Å²) >= 11 is 0. The molecule has 1 heterocycles. The number of morpholine rings is 1. The highest BCUT2D eigenvalue weighted by molar-refractivity contribution is 7.90. The minimum atomic E-state index is -3.47. The van der Waals surface area contributed by atoms with Gasteiger partial charge in [0.15, 0.2) is 5.25 Å². The van der Waals surface area contributed by atoms with Gasteiger partial charge in [-0.05, 0) is 13.8 Å². The van der Waals surface area contributed by atoms with E-state index in [1.807, 2.05) is 0 Å². The van der Waals surface area contributed by atoms with Crippen molar-refractivity contribution >= 4 is 10.0 Å². The quantitative estimate of drug-likeness (QED) is 0.651. The van der Waals surface area contributed by atoms with Crippen LogP contribution in [0.25, 0.3) is 0 Å². The molecule has 2 atom stereocenters. The Bertz CT molecular complexity index is 333. The third-order valence-electron chi connectivity index (χ3n) is 2.26.